The molecule has 1 aromatic carbocycles. The molecule has 1 aliphatic carbocycles. The van der Waals surface area contributed by atoms with E-state index >= 15 is 8.78 Å². The maximum atomic E-state index is 16.1. The number of amides is 1. The minimum absolute atomic E-state index is 0.0126. The number of aromatic nitrogens is 2. The summed E-state index contributed by atoms with van der Waals surface area (Å²) in [5, 5.41) is 2.52. The van der Waals surface area contributed by atoms with E-state index < -0.39 is 34.3 Å². The molecule has 3 aromatic rings. The number of hydrogen-bond donors (Lipinski definition) is 2. The Hall–Kier alpha value is -3.43. The second-order valence-corrected chi connectivity index (χ2v) is 10.4. The van der Waals surface area contributed by atoms with Crippen LogP contribution in [0.3, 0.4) is 0 Å². The fourth-order valence-corrected chi connectivity index (χ4v) is 4.94. The van der Waals surface area contributed by atoms with E-state index in [1.807, 2.05) is 0 Å². The lowest BCUT2D eigenvalue weighted by Gasteiger charge is -2.24. The fourth-order valence-electron chi connectivity index (χ4n) is 4.94. The third-order valence-corrected chi connectivity index (χ3v) is 6.52. The minimum Gasteiger partial charge on any atom is -0.444 e. The summed E-state index contributed by atoms with van der Waals surface area (Å²) >= 11 is 0. The lowest BCUT2D eigenvalue weighted by Crippen LogP contribution is -2.40. The topological polar surface area (TPSA) is 96.4 Å². The van der Waals surface area contributed by atoms with Crippen LogP contribution in [0.2, 0.25) is 0 Å². The molecule has 8 nitrogen and oxygen atoms in total. The van der Waals surface area contributed by atoms with Crippen molar-refractivity contribution in [1.82, 2.24) is 14.9 Å². The van der Waals surface area contributed by atoms with Gasteiger partial charge in [-0.3, -0.25) is 9.59 Å². The minimum atomic E-state index is -0.879. The monoisotopic (exact) mass is 486 g/mol. The van der Waals surface area contributed by atoms with Gasteiger partial charge in [0.25, 0.3) is 5.56 Å². The predicted molar refractivity (Wildman–Crippen MR) is 129 cm³/mol. The number of anilines is 1. The van der Waals surface area contributed by atoms with E-state index in [4.69, 9.17) is 4.74 Å². The molecule has 0 spiro atoms. The summed E-state index contributed by atoms with van der Waals surface area (Å²) in [6.45, 7) is 7.53. The van der Waals surface area contributed by atoms with Crippen molar-refractivity contribution in [3.63, 3.8) is 0 Å². The molecular formula is C25H28F2N4O4. The molecule has 2 fully saturated rings. The van der Waals surface area contributed by atoms with Crippen LogP contribution in [0.15, 0.2) is 21.9 Å². The van der Waals surface area contributed by atoms with Crippen LogP contribution in [-0.4, -0.2) is 40.4 Å². The number of aryl methyl sites for hydroxylation is 1. The number of carbonyl (C=O) groups excluding carboxylic acids is 1. The highest BCUT2D eigenvalue weighted by Crippen LogP contribution is 2.42. The first kappa shape index (κ1) is 23.3. The molecule has 1 amide bonds. The van der Waals surface area contributed by atoms with Crippen molar-refractivity contribution in [3.05, 3.63) is 50.0 Å². The molecule has 1 saturated heterocycles. The van der Waals surface area contributed by atoms with Gasteiger partial charge in [0.2, 0.25) is 5.43 Å². The summed E-state index contributed by atoms with van der Waals surface area (Å²) in [7, 11) is 0. The molecule has 186 valence electrons. The standard InChI is InChI=1S/C25H28F2N4O4/c1-12-10-28-23(33)17-19(12)31(14-5-6-14)20-15(22(17)32)9-16(26)21(18(20)27)30-8-7-13(11-30)29-24(34)35-25(2,3)4/h9-10,13-14H,5-8,11H2,1-4H3,(H,28,33)(H,29,34). The SMILES string of the molecule is Cc1c[nH]c(=O)c2c(=O)c3cc(F)c(N4CCC(NC(=O)OC(C)(C)C)C4)c(F)c3n(C3CC3)c12. The number of ether oxygens (including phenoxy) is 1. The van der Waals surface area contributed by atoms with Crippen molar-refractivity contribution < 1.29 is 18.3 Å². The zero-order valence-corrected chi connectivity index (χ0v) is 20.1. The normalized spacial score (nSPS) is 18.5. The number of aromatic amines is 1. The van der Waals surface area contributed by atoms with E-state index in [1.54, 1.807) is 37.2 Å². The lowest BCUT2D eigenvalue weighted by molar-refractivity contribution is 0.0509. The van der Waals surface area contributed by atoms with Gasteiger partial charge in [0.05, 0.1) is 22.5 Å². The number of benzene rings is 1. The van der Waals surface area contributed by atoms with Crippen molar-refractivity contribution in [1.29, 1.82) is 0 Å². The van der Waals surface area contributed by atoms with Crippen LogP contribution in [0.5, 0.6) is 0 Å². The van der Waals surface area contributed by atoms with E-state index in [9.17, 15) is 14.4 Å². The number of hydrogen-bond acceptors (Lipinski definition) is 5. The molecule has 0 bridgehead atoms. The molecule has 2 aromatic heterocycles. The molecule has 1 aliphatic heterocycles. The van der Waals surface area contributed by atoms with Crippen LogP contribution >= 0.6 is 0 Å². The number of alkyl carbamates (subject to hydrolysis) is 1. The summed E-state index contributed by atoms with van der Waals surface area (Å²) in [5.74, 6) is -1.71. The Morgan fingerprint density at radius 3 is 2.54 bits per heavy atom. The Morgan fingerprint density at radius 2 is 1.89 bits per heavy atom. The van der Waals surface area contributed by atoms with Gasteiger partial charge in [-0.05, 0) is 58.6 Å². The van der Waals surface area contributed by atoms with Crippen molar-refractivity contribution in [2.45, 2.75) is 64.6 Å². The zero-order chi connectivity index (χ0) is 25.2. The quantitative estimate of drug-likeness (QED) is 0.548. The Morgan fingerprint density at radius 1 is 1.17 bits per heavy atom. The Kier molecular flexibility index (Phi) is 5.37. The highest BCUT2D eigenvalue weighted by atomic mass is 19.1. The van der Waals surface area contributed by atoms with Crippen molar-refractivity contribution in [2.75, 3.05) is 18.0 Å². The third-order valence-electron chi connectivity index (χ3n) is 6.52. The maximum Gasteiger partial charge on any atom is 0.407 e. The van der Waals surface area contributed by atoms with Crippen molar-refractivity contribution in [3.8, 4) is 0 Å². The van der Waals surface area contributed by atoms with Gasteiger partial charge in [-0.1, -0.05) is 0 Å². The lowest BCUT2D eigenvalue weighted by atomic mass is 10.1. The molecule has 35 heavy (non-hydrogen) atoms. The van der Waals surface area contributed by atoms with Crippen LogP contribution in [0.4, 0.5) is 19.3 Å². The van der Waals surface area contributed by atoms with Crippen LogP contribution < -0.4 is 21.2 Å². The maximum absolute atomic E-state index is 16.1. The number of nitrogens with zero attached hydrogens (tertiary/aromatic N) is 2. The molecule has 2 N–H and O–H groups in total. The van der Waals surface area contributed by atoms with E-state index in [1.165, 1.54) is 6.20 Å². The third kappa shape index (κ3) is 4.04. The largest absolute Gasteiger partial charge is 0.444 e. The average molecular weight is 487 g/mol. The van der Waals surface area contributed by atoms with E-state index in [0.29, 0.717) is 24.0 Å². The first-order chi connectivity index (χ1) is 16.5. The second-order valence-electron chi connectivity index (χ2n) is 10.4. The Labute approximate surface area is 199 Å². The molecular weight excluding hydrogens is 458 g/mol. The number of H-pyrrole nitrogens is 1. The highest BCUT2D eigenvalue weighted by molar-refractivity contribution is 5.96. The van der Waals surface area contributed by atoms with E-state index in [0.717, 1.165) is 18.9 Å². The molecule has 1 saturated carbocycles. The summed E-state index contributed by atoms with van der Waals surface area (Å²) < 4.78 is 38.5. The first-order valence-corrected chi connectivity index (χ1v) is 11.8. The molecule has 0 radical (unpaired) electrons. The van der Waals surface area contributed by atoms with Gasteiger partial charge in [0, 0.05) is 25.3 Å². The fraction of sp³-hybridized carbons (Fsp3) is 0.480. The van der Waals surface area contributed by atoms with Gasteiger partial charge in [-0.25, -0.2) is 13.6 Å². The number of nitrogens with one attached hydrogen (secondary N) is 2. The van der Waals surface area contributed by atoms with Gasteiger partial charge in [-0.2, -0.15) is 0 Å². The van der Waals surface area contributed by atoms with Gasteiger partial charge >= 0.3 is 6.09 Å². The van der Waals surface area contributed by atoms with Crippen molar-refractivity contribution in [2.24, 2.45) is 0 Å². The van der Waals surface area contributed by atoms with E-state index in [-0.39, 0.29) is 40.6 Å². The Balaban J connectivity index is 1.61. The second kappa shape index (κ2) is 8.07. The molecule has 1 atom stereocenters. The van der Waals surface area contributed by atoms with Crippen molar-refractivity contribution >= 4 is 33.6 Å². The molecule has 3 heterocycles. The number of pyridine rings is 2. The number of fused-ring (bicyclic) bond motifs is 2. The van der Waals surface area contributed by atoms with Gasteiger partial charge in [0.15, 0.2) is 5.82 Å². The molecule has 10 heteroatoms. The first-order valence-electron chi connectivity index (χ1n) is 11.8. The van der Waals surface area contributed by atoms with Gasteiger partial charge in [0.1, 0.15) is 22.5 Å². The number of carbonyl (C=O) groups is 1. The number of rotatable bonds is 3. The summed E-state index contributed by atoms with van der Waals surface area (Å²) in [5.41, 5.74) is -1.12. The molecule has 1 unspecified atom stereocenters. The summed E-state index contributed by atoms with van der Waals surface area (Å²) in [6, 6.07) is 0.613. The summed E-state index contributed by atoms with van der Waals surface area (Å²) in [6.07, 6.45) is 2.95. The van der Waals surface area contributed by atoms with Crippen LogP contribution in [0.1, 0.15) is 51.6 Å². The van der Waals surface area contributed by atoms with Gasteiger partial charge < -0.3 is 24.5 Å². The van der Waals surface area contributed by atoms with Crippen LogP contribution in [-0.2, 0) is 4.74 Å². The average Bonchev–Trinajstić information content (AvgIpc) is 3.49. The molecule has 2 aliphatic rings. The number of halogens is 2. The van der Waals surface area contributed by atoms with Gasteiger partial charge in [-0.15, -0.1) is 0 Å². The van der Waals surface area contributed by atoms with Crippen LogP contribution in [0, 0.1) is 18.6 Å². The van der Waals surface area contributed by atoms with Crippen LogP contribution in [0.25, 0.3) is 21.8 Å². The molecule has 5 rings (SSSR count). The predicted octanol–water partition coefficient (Wildman–Crippen LogP) is 3.87. The summed E-state index contributed by atoms with van der Waals surface area (Å²) in [4.78, 5) is 42.0. The smallest absolute Gasteiger partial charge is 0.407 e. The van der Waals surface area contributed by atoms with E-state index in [2.05, 4.69) is 10.3 Å². The Bertz CT molecular complexity index is 1480. The zero-order valence-electron chi connectivity index (χ0n) is 20.1. The highest BCUT2D eigenvalue weighted by Gasteiger charge is 2.34.